The Morgan fingerprint density at radius 2 is 1.39 bits per heavy atom. The summed E-state index contributed by atoms with van der Waals surface area (Å²) in [5, 5.41) is 0. The molecular weight excluding hydrogens is 338 g/mol. The van der Waals surface area contributed by atoms with E-state index >= 15 is 0 Å². The molecule has 0 radical (unpaired) electrons. The fraction of sp³-hybridized carbons (Fsp3) is 0.407. The molecule has 0 spiro atoms. The molecule has 2 unspecified atom stereocenters. The Morgan fingerprint density at radius 3 is 1.82 bits per heavy atom. The minimum absolute atomic E-state index is 0.415. The average molecular weight is 380 g/mol. The lowest BCUT2D eigenvalue weighted by atomic mass is 9.81. The summed E-state index contributed by atoms with van der Waals surface area (Å²) < 4.78 is 2.23. The Kier molecular flexibility index (Phi) is 11.2. The highest BCUT2D eigenvalue weighted by molar-refractivity contribution is 5.75. The first-order valence-electron chi connectivity index (χ1n) is 10.8. The van der Waals surface area contributed by atoms with E-state index in [4.69, 9.17) is 0 Å². The molecule has 0 saturated heterocycles. The normalized spacial score (nSPS) is 18.5. The monoisotopic (exact) mass is 379 g/mol. The van der Waals surface area contributed by atoms with Gasteiger partial charge in [-0.15, -0.1) is 0 Å². The number of hydrogen-bond acceptors (Lipinski definition) is 0. The molecule has 28 heavy (non-hydrogen) atoms. The smallest absolute Gasteiger partial charge is 0.0479 e. The van der Waals surface area contributed by atoms with Crippen LogP contribution in [0.4, 0.5) is 0 Å². The lowest BCUT2D eigenvalue weighted by molar-refractivity contribution is 0.681. The zero-order valence-corrected chi connectivity index (χ0v) is 19.5. The summed E-state index contributed by atoms with van der Waals surface area (Å²) in [6.07, 6.45) is 11.2. The van der Waals surface area contributed by atoms with Gasteiger partial charge in [-0.2, -0.15) is 0 Å². The van der Waals surface area contributed by atoms with Gasteiger partial charge in [0.15, 0.2) is 0 Å². The van der Waals surface area contributed by atoms with Crippen LogP contribution >= 0.6 is 0 Å². The van der Waals surface area contributed by atoms with E-state index in [0.717, 1.165) is 12.1 Å². The second-order valence-corrected chi connectivity index (χ2v) is 6.07. The Balaban J connectivity index is 0.00000111. The van der Waals surface area contributed by atoms with Crippen LogP contribution in [0.2, 0.25) is 0 Å². The summed E-state index contributed by atoms with van der Waals surface area (Å²) >= 11 is 0. The third-order valence-electron chi connectivity index (χ3n) is 5.26. The van der Waals surface area contributed by atoms with Crippen molar-refractivity contribution >= 4 is 18.2 Å². The molecule has 1 heterocycles. The van der Waals surface area contributed by atoms with Crippen LogP contribution < -0.4 is 0 Å². The molecule has 0 bridgehead atoms. The van der Waals surface area contributed by atoms with Gasteiger partial charge in [-0.05, 0) is 35.3 Å². The van der Waals surface area contributed by atoms with Crippen LogP contribution in [0.15, 0.2) is 55.2 Å². The summed E-state index contributed by atoms with van der Waals surface area (Å²) in [5.74, 6) is 0.838. The number of nitrogens with zero attached hydrogens (tertiary/aromatic N) is 1. The molecule has 0 fully saturated rings. The van der Waals surface area contributed by atoms with Gasteiger partial charge in [0.2, 0.25) is 0 Å². The lowest BCUT2D eigenvalue weighted by Gasteiger charge is -2.23. The van der Waals surface area contributed by atoms with E-state index < -0.39 is 0 Å². The summed E-state index contributed by atoms with van der Waals surface area (Å²) in [4.78, 5) is 0. The van der Waals surface area contributed by atoms with Gasteiger partial charge in [0.05, 0.1) is 0 Å². The number of rotatable bonds is 4. The highest BCUT2D eigenvalue weighted by atomic mass is 15.0. The Bertz CT molecular complexity index is 765. The predicted octanol–water partition coefficient (Wildman–Crippen LogP) is 8.26. The van der Waals surface area contributed by atoms with Crippen LogP contribution in [0.5, 0.6) is 0 Å². The first-order chi connectivity index (χ1) is 13.6. The molecule has 0 amide bonds. The minimum Gasteiger partial charge on any atom is -0.344 e. The zero-order chi connectivity index (χ0) is 22.0. The van der Waals surface area contributed by atoms with Crippen molar-refractivity contribution in [2.24, 2.45) is 18.9 Å². The average Bonchev–Trinajstić information content (AvgIpc) is 3.20. The van der Waals surface area contributed by atoms with E-state index in [1.54, 1.807) is 0 Å². The van der Waals surface area contributed by atoms with E-state index in [1.807, 2.05) is 65.8 Å². The SMILES string of the molecule is C=CC1=C(C=C)C2Cc3c(C=C)c(C=C)n(C)c3C=C2C1C.CC.CC.CC. The summed E-state index contributed by atoms with van der Waals surface area (Å²) in [5.41, 5.74) is 9.16. The molecule has 0 aliphatic heterocycles. The second kappa shape index (κ2) is 12.2. The number of aromatic nitrogens is 1. The molecule has 0 aromatic carbocycles. The highest BCUT2D eigenvalue weighted by Gasteiger charge is 2.37. The maximum absolute atomic E-state index is 4.03. The van der Waals surface area contributed by atoms with E-state index in [0.29, 0.717) is 11.8 Å². The van der Waals surface area contributed by atoms with Crippen molar-refractivity contribution in [3.05, 3.63) is 77.7 Å². The Labute approximate surface area is 174 Å². The quantitative estimate of drug-likeness (QED) is 0.496. The molecule has 0 saturated carbocycles. The fourth-order valence-electron chi connectivity index (χ4n) is 4.16. The third kappa shape index (κ3) is 4.24. The Morgan fingerprint density at radius 1 is 0.857 bits per heavy atom. The maximum atomic E-state index is 4.03. The largest absolute Gasteiger partial charge is 0.344 e. The van der Waals surface area contributed by atoms with E-state index in [2.05, 4.69) is 50.9 Å². The van der Waals surface area contributed by atoms with Gasteiger partial charge in [-0.3, -0.25) is 0 Å². The third-order valence-corrected chi connectivity index (χ3v) is 5.26. The van der Waals surface area contributed by atoms with Crippen LogP contribution in [-0.2, 0) is 13.5 Å². The van der Waals surface area contributed by atoms with Crippen LogP contribution in [0.1, 0.15) is 71.0 Å². The Hall–Kier alpha value is -2.28. The van der Waals surface area contributed by atoms with E-state index in [1.165, 1.54) is 33.5 Å². The van der Waals surface area contributed by atoms with Crippen molar-refractivity contribution in [2.75, 3.05) is 0 Å². The topological polar surface area (TPSA) is 4.93 Å². The molecule has 1 heteroatoms. The van der Waals surface area contributed by atoms with Crippen LogP contribution in [0, 0.1) is 11.8 Å². The van der Waals surface area contributed by atoms with Crippen molar-refractivity contribution in [3.8, 4) is 0 Å². The standard InChI is InChI=1S/C21H23N.3C2H6/c1-7-14-13(5)17-12-21-19(11-18(17)15(14)8-2)16(9-3)20(10-4)22(21)6;3*1-2/h7-10,12-13,18H,1-4,11H2,5-6H3;3*1-2H3. The van der Waals surface area contributed by atoms with Crippen molar-refractivity contribution in [3.63, 3.8) is 0 Å². The summed E-state index contributed by atoms with van der Waals surface area (Å²) in [6, 6.07) is 0. The maximum Gasteiger partial charge on any atom is 0.0479 e. The molecule has 2 atom stereocenters. The molecule has 154 valence electrons. The summed E-state index contributed by atoms with van der Waals surface area (Å²) in [6.45, 7) is 30.3. The van der Waals surface area contributed by atoms with Crippen molar-refractivity contribution in [2.45, 2.75) is 54.9 Å². The summed E-state index contributed by atoms with van der Waals surface area (Å²) in [7, 11) is 2.11. The predicted molar refractivity (Wildman–Crippen MR) is 131 cm³/mol. The van der Waals surface area contributed by atoms with Crippen LogP contribution in [0.25, 0.3) is 18.2 Å². The van der Waals surface area contributed by atoms with E-state index in [-0.39, 0.29) is 0 Å². The van der Waals surface area contributed by atoms with Gasteiger partial charge >= 0.3 is 0 Å². The molecule has 1 aromatic rings. The fourth-order valence-corrected chi connectivity index (χ4v) is 4.16. The van der Waals surface area contributed by atoms with Crippen molar-refractivity contribution < 1.29 is 0 Å². The second-order valence-electron chi connectivity index (χ2n) is 6.07. The number of fused-ring (bicyclic) bond motifs is 2. The van der Waals surface area contributed by atoms with Crippen LogP contribution in [0.3, 0.4) is 0 Å². The van der Waals surface area contributed by atoms with Crippen LogP contribution in [-0.4, -0.2) is 4.57 Å². The highest BCUT2D eigenvalue weighted by Crippen LogP contribution is 2.48. The number of hydrogen-bond donors (Lipinski definition) is 0. The van der Waals surface area contributed by atoms with Gasteiger partial charge in [0, 0.05) is 35.8 Å². The molecule has 0 N–H and O–H groups in total. The molecule has 3 rings (SSSR count). The molecule has 2 aliphatic carbocycles. The molecular formula is C27H41N. The minimum atomic E-state index is 0.415. The van der Waals surface area contributed by atoms with Crippen molar-refractivity contribution in [1.82, 2.24) is 4.57 Å². The van der Waals surface area contributed by atoms with Gasteiger partial charge in [0.25, 0.3) is 0 Å². The van der Waals surface area contributed by atoms with Gasteiger partial charge in [-0.25, -0.2) is 0 Å². The first-order valence-corrected chi connectivity index (χ1v) is 10.8. The molecule has 1 aromatic heterocycles. The van der Waals surface area contributed by atoms with Gasteiger partial charge in [-0.1, -0.05) is 98.6 Å². The zero-order valence-electron chi connectivity index (χ0n) is 19.5. The van der Waals surface area contributed by atoms with E-state index in [9.17, 15) is 0 Å². The van der Waals surface area contributed by atoms with Gasteiger partial charge in [0.1, 0.15) is 0 Å². The first kappa shape index (κ1) is 25.7. The lowest BCUT2D eigenvalue weighted by Crippen LogP contribution is -2.14. The molecule has 1 nitrogen and oxygen atoms in total. The number of allylic oxidation sites excluding steroid dienone is 5. The van der Waals surface area contributed by atoms with Gasteiger partial charge < -0.3 is 4.57 Å². The van der Waals surface area contributed by atoms with Crippen molar-refractivity contribution in [1.29, 1.82) is 0 Å². The molecule has 2 aliphatic rings.